The van der Waals surface area contributed by atoms with Crippen LogP contribution >= 0.6 is 0 Å². The fourth-order valence-electron chi connectivity index (χ4n) is 4.64. The molecule has 0 fully saturated rings. The molecule has 1 aliphatic rings. The minimum atomic E-state index is -1.47. The number of aromatic hydroxyl groups is 1. The normalized spacial score (nSPS) is 15.6. The Balaban J connectivity index is 1.35. The van der Waals surface area contributed by atoms with E-state index in [4.69, 9.17) is 20.3 Å². The van der Waals surface area contributed by atoms with Gasteiger partial charge in [0.05, 0.1) is 6.54 Å². The molecule has 0 bridgehead atoms. The molecule has 2 unspecified atom stereocenters. The van der Waals surface area contributed by atoms with E-state index in [-0.39, 0.29) is 52.3 Å². The number of aliphatic carboxylic acids is 2. The first-order valence-electron chi connectivity index (χ1n) is 14.9. The van der Waals surface area contributed by atoms with Crippen molar-refractivity contribution in [2.24, 2.45) is 10.7 Å². The number of benzene rings is 2. The lowest BCUT2D eigenvalue weighted by molar-refractivity contribution is -0.140. The summed E-state index contributed by atoms with van der Waals surface area (Å²) in [5.41, 5.74) is 7.17. The van der Waals surface area contributed by atoms with Crippen LogP contribution in [0.4, 0.5) is 5.69 Å². The van der Waals surface area contributed by atoms with E-state index >= 15 is 0 Å². The van der Waals surface area contributed by atoms with Crippen LogP contribution in [0.1, 0.15) is 48.5 Å². The second-order valence-corrected chi connectivity index (χ2v) is 11.1. The van der Waals surface area contributed by atoms with E-state index in [2.05, 4.69) is 30.9 Å². The quantitative estimate of drug-likeness (QED) is 0.0627. The van der Waals surface area contributed by atoms with E-state index in [0.717, 1.165) is 6.07 Å². The smallest absolute Gasteiger partial charge is 0.336 e. The van der Waals surface area contributed by atoms with Crippen molar-refractivity contribution in [2.45, 2.75) is 44.4 Å². The lowest BCUT2D eigenvalue weighted by Gasteiger charge is -2.29. The summed E-state index contributed by atoms with van der Waals surface area (Å²) in [4.78, 5) is 72.7. The number of carbonyl (C=O) groups excluding carboxylic acids is 3. The number of ether oxygens (including phenoxy) is 2. The molecule has 2 atom stereocenters. The number of carboxylic acid groups (broad SMARTS) is 2. The number of nitrogens with zero attached hydrogens (tertiary/aromatic N) is 3. The van der Waals surface area contributed by atoms with Gasteiger partial charge in [-0.3, -0.25) is 15.3 Å². The van der Waals surface area contributed by atoms with E-state index in [1.807, 2.05) is 0 Å². The number of rotatable bonds is 14. The molecule has 1 aliphatic heterocycles. The van der Waals surface area contributed by atoms with Gasteiger partial charge in [0.1, 0.15) is 11.8 Å². The molecule has 1 amide bonds. The third-order valence-corrected chi connectivity index (χ3v) is 6.99. The molecule has 3 aromatic rings. The highest BCUT2D eigenvalue weighted by atomic mass is 16.6. The number of nitrogens with two attached hydrogens (primary N) is 1. The highest BCUT2D eigenvalue weighted by molar-refractivity contribution is 5.97. The summed E-state index contributed by atoms with van der Waals surface area (Å²) in [5.74, 6) is -8.61. The van der Waals surface area contributed by atoms with Crippen LogP contribution in [0.25, 0.3) is 5.88 Å². The van der Waals surface area contributed by atoms with Gasteiger partial charge < -0.3 is 45.9 Å². The fraction of sp³-hybridized carbons (Fsp3) is 0.250. The first-order valence-corrected chi connectivity index (χ1v) is 14.9. The lowest BCUT2D eigenvalue weighted by Crippen LogP contribution is -2.62. The van der Waals surface area contributed by atoms with Gasteiger partial charge in [0.2, 0.25) is 11.7 Å². The fourth-order valence-corrected chi connectivity index (χ4v) is 4.64. The van der Waals surface area contributed by atoms with Crippen LogP contribution in [-0.4, -0.2) is 78.6 Å². The van der Waals surface area contributed by atoms with Crippen LogP contribution in [0.3, 0.4) is 0 Å². The van der Waals surface area contributed by atoms with Crippen LogP contribution < -0.4 is 42.0 Å². The van der Waals surface area contributed by atoms with E-state index < -0.39 is 59.7 Å². The average Bonchev–Trinajstić information content (AvgIpc) is 3.06. The minimum absolute atomic E-state index is 0.00475. The molecule has 0 radical (unpaired) electrons. The Morgan fingerprint density at radius 2 is 1.68 bits per heavy atom. The monoisotopic (exact) mass is 691 g/mol. The number of fused-ring (bicyclic) bond motifs is 1. The lowest BCUT2D eigenvalue weighted by atomic mass is 10.00. The largest absolute Gasteiger partial charge is 0.504 e. The summed E-state index contributed by atoms with van der Waals surface area (Å²) in [6.45, 7) is 3.31. The second-order valence-electron chi connectivity index (χ2n) is 11.1. The van der Waals surface area contributed by atoms with Crippen LogP contribution in [0.2, 0.25) is 0 Å². The van der Waals surface area contributed by atoms with Crippen molar-refractivity contribution in [3.05, 3.63) is 82.9 Å². The highest BCUT2D eigenvalue weighted by Gasteiger charge is 2.29. The van der Waals surface area contributed by atoms with Gasteiger partial charge in [-0.1, -0.05) is 13.8 Å². The summed E-state index contributed by atoms with van der Waals surface area (Å²) >= 11 is 0. The number of carboxylic acids is 2. The van der Waals surface area contributed by atoms with E-state index in [9.17, 15) is 39.3 Å². The number of nitrogens with one attached hydrogen (secondary N) is 3. The van der Waals surface area contributed by atoms with Crippen molar-refractivity contribution in [3.8, 4) is 17.2 Å². The van der Waals surface area contributed by atoms with Crippen molar-refractivity contribution in [1.82, 2.24) is 20.6 Å². The van der Waals surface area contributed by atoms with Crippen LogP contribution in [0, 0.1) is 0 Å². The first-order chi connectivity index (χ1) is 23.7. The van der Waals surface area contributed by atoms with Gasteiger partial charge >= 0.3 is 23.9 Å². The zero-order chi connectivity index (χ0) is 36.6. The topological polar surface area (TPSA) is 285 Å². The molecular formula is C32H33N7O11. The number of hydrogen-bond acceptors (Lipinski definition) is 15. The number of aliphatic hydroxyl groups is 1. The van der Waals surface area contributed by atoms with Gasteiger partial charge in [-0.05, 0) is 48.7 Å². The number of aromatic nitrogens is 2. The molecule has 0 saturated heterocycles. The Hall–Kier alpha value is -6.56. The maximum Gasteiger partial charge on any atom is 0.336 e. The maximum absolute atomic E-state index is 12.9. The number of esters is 2. The molecule has 50 heavy (non-hydrogen) atoms. The number of anilines is 1. The standard InChI is InChI=1S/C32H33N7O11/c1-16(2)25-21(9-8-20(40)27(25)50-24(44)12-10-22(41)42)49-23(43)11-7-19(31(47)48)37-29(45)17-3-5-18(6-4-17)36-15-32(33)38-28-26(30(46)39-32)34-13-14-35-28/h3-6,8-10,12-14,16,19,36,39-40,46H,7,11,15,33H2,1-2H3,(H,37,45)(H,41,42)(H,47,48)/b12-10+. The molecule has 2 heterocycles. The predicted octanol–water partition coefficient (Wildman–Crippen LogP) is -0.00830. The molecule has 9 N–H and O–H groups in total. The third-order valence-electron chi connectivity index (χ3n) is 6.99. The zero-order valence-corrected chi connectivity index (χ0v) is 26.6. The molecule has 0 aliphatic carbocycles. The van der Waals surface area contributed by atoms with Gasteiger partial charge in [0.15, 0.2) is 22.3 Å². The highest BCUT2D eigenvalue weighted by Crippen LogP contribution is 2.41. The van der Waals surface area contributed by atoms with Crippen LogP contribution in [0.15, 0.2) is 65.9 Å². The molecule has 18 heteroatoms. The molecule has 262 valence electrons. The molecular weight excluding hydrogens is 658 g/mol. The Labute approximate surface area is 283 Å². The summed E-state index contributed by atoms with van der Waals surface area (Å²) < 4.78 is 10.5. The van der Waals surface area contributed by atoms with Gasteiger partial charge in [0, 0.05) is 47.8 Å². The minimum Gasteiger partial charge on any atom is -0.504 e. The van der Waals surface area contributed by atoms with Gasteiger partial charge in [-0.2, -0.15) is 0 Å². The molecule has 18 nitrogen and oxygen atoms in total. The van der Waals surface area contributed by atoms with Crippen LogP contribution in [0.5, 0.6) is 17.2 Å². The number of amides is 1. The predicted molar refractivity (Wildman–Crippen MR) is 172 cm³/mol. The van der Waals surface area contributed by atoms with Crippen molar-refractivity contribution < 1.29 is 53.9 Å². The SMILES string of the molecule is CC(C)c1c(OC(=O)CCC(NC(=O)c2ccc(NCC3(N)N=c4nccnc4=C(O)N3)cc2)C(=O)O)ccc(O)c1OC(=O)/C=C/C(=O)O. The summed E-state index contributed by atoms with van der Waals surface area (Å²) in [7, 11) is 0. The van der Waals surface area contributed by atoms with Crippen molar-refractivity contribution in [2.75, 3.05) is 11.9 Å². The first kappa shape index (κ1) is 36.3. The molecule has 2 aromatic carbocycles. The Morgan fingerprint density at radius 3 is 2.34 bits per heavy atom. The van der Waals surface area contributed by atoms with Crippen LogP contribution in [-0.2, 0) is 19.2 Å². The summed E-state index contributed by atoms with van der Waals surface area (Å²) in [6.07, 6.45) is 3.20. The van der Waals surface area contributed by atoms with E-state index in [1.165, 1.54) is 30.6 Å². The summed E-state index contributed by atoms with van der Waals surface area (Å²) in [6, 6.07) is 6.85. The number of aliphatic hydroxyl groups excluding tert-OH is 1. The van der Waals surface area contributed by atoms with Crippen molar-refractivity contribution in [1.29, 1.82) is 0 Å². The van der Waals surface area contributed by atoms with Crippen molar-refractivity contribution in [3.63, 3.8) is 0 Å². The number of carbonyl (C=O) groups is 5. The third kappa shape index (κ3) is 9.28. The Bertz CT molecular complexity index is 1970. The number of phenols is 1. The number of phenolic OH excluding ortho intramolecular Hbond substituents is 1. The molecule has 4 rings (SSSR count). The zero-order valence-electron chi connectivity index (χ0n) is 26.6. The number of hydrogen-bond donors (Lipinski definition) is 8. The van der Waals surface area contributed by atoms with Crippen molar-refractivity contribution >= 4 is 41.4 Å². The van der Waals surface area contributed by atoms with E-state index in [0.29, 0.717) is 17.8 Å². The average molecular weight is 692 g/mol. The maximum atomic E-state index is 12.9. The second kappa shape index (κ2) is 15.6. The Kier molecular flexibility index (Phi) is 11.3. The van der Waals surface area contributed by atoms with Gasteiger partial charge in [-0.25, -0.2) is 29.3 Å². The summed E-state index contributed by atoms with van der Waals surface area (Å²) in [5, 5.41) is 47.2. The molecule has 1 aromatic heterocycles. The van der Waals surface area contributed by atoms with Gasteiger partial charge in [0.25, 0.3) is 5.91 Å². The molecule has 0 spiro atoms. The van der Waals surface area contributed by atoms with Gasteiger partial charge in [-0.15, -0.1) is 0 Å². The molecule has 0 saturated carbocycles. The van der Waals surface area contributed by atoms with E-state index in [1.54, 1.807) is 26.0 Å². The Morgan fingerprint density at radius 1 is 0.980 bits per heavy atom.